The smallest absolute Gasteiger partial charge is 0.336 e. The van der Waals surface area contributed by atoms with E-state index in [0.717, 1.165) is 15.8 Å². The van der Waals surface area contributed by atoms with E-state index in [4.69, 9.17) is 4.42 Å². The predicted molar refractivity (Wildman–Crippen MR) is 100 cm³/mol. The summed E-state index contributed by atoms with van der Waals surface area (Å²) in [6, 6.07) is 17.8. The van der Waals surface area contributed by atoms with E-state index in [0.29, 0.717) is 16.1 Å². The number of anilines is 1. The zero-order valence-corrected chi connectivity index (χ0v) is 14.2. The molecule has 0 fully saturated rings. The first-order valence-electron chi connectivity index (χ1n) is 7.79. The van der Waals surface area contributed by atoms with Crippen molar-refractivity contribution in [1.29, 1.82) is 0 Å². The molecule has 0 saturated heterocycles. The maximum absolute atomic E-state index is 13.0. The number of carbonyl (C=O) groups excluding carboxylic acids is 1. The van der Waals surface area contributed by atoms with Crippen molar-refractivity contribution in [3.63, 3.8) is 0 Å². The van der Waals surface area contributed by atoms with Crippen molar-refractivity contribution in [3.05, 3.63) is 87.8 Å². The quantitative estimate of drug-likeness (QED) is 0.525. The second kappa shape index (κ2) is 6.57. The summed E-state index contributed by atoms with van der Waals surface area (Å²) >= 11 is 1.33. The Morgan fingerprint density at radius 3 is 2.58 bits per heavy atom. The molecule has 0 aliphatic rings. The molecule has 4 rings (SSSR count). The summed E-state index contributed by atoms with van der Waals surface area (Å²) in [5.41, 5.74) is 1.51. The van der Waals surface area contributed by atoms with Crippen LogP contribution in [-0.2, 0) is 0 Å². The molecule has 26 heavy (non-hydrogen) atoms. The van der Waals surface area contributed by atoms with Crippen molar-refractivity contribution in [3.8, 4) is 10.4 Å². The number of rotatable bonds is 3. The van der Waals surface area contributed by atoms with Crippen LogP contribution in [0.25, 0.3) is 21.4 Å². The number of benzene rings is 2. The average Bonchev–Trinajstić information content (AvgIpc) is 3.13. The molecule has 2 aromatic carbocycles. The SMILES string of the molecule is O=C(Nc1ccc2oc(=O)ccc2c1)c1ccc(-c2ccc(F)cc2)s1. The zero-order valence-electron chi connectivity index (χ0n) is 13.4. The van der Waals surface area contributed by atoms with Gasteiger partial charge in [-0.05, 0) is 54.1 Å². The third-order valence-electron chi connectivity index (χ3n) is 3.84. The Morgan fingerprint density at radius 1 is 0.962 bits per heavy atom. The molecule has 0 radical (unpaired) electrons. The highest BCUT2D eigenvalue weighted by Crippen LogP contribution is 2.29. The molecule has 0 unspecified atom stereocenters. The lowest BCUT2D eigenvalue weighted by molar-refractivity contribution is 0.103. The first-order valence-corrected chi connectivity index (χ1v) is 8.61. The molecule has 4 aromatic rings. The van der Waals surface area contributed by atoms with E-state index in [1.807, 2.05) is 6.07 Å². The number of hydrogen-bond donors (Lipinski definition) is 1. The molecule has 0 saturated carbocycles. The van der Waals surface area contributed by atoms with Gasteiger partial charge < -0.3 is 9.73 Å². The van der Waals surface area contributed by atoms with Crippen molar-refractivity contribution in [1.82, 2.24) is 0 Å². The van der Waals surface area contributed by atoms with Gasteiger partial charge in [-0.15, -0.1) is 11.3 Å². The standard InChI is InChI=1S/C20H12FNO3S/c21-14-4-1-12(2-5-14)17-8-9-18(26-17)20(24)22-15-6-7-16-13(11-15)3-10-19(23)25-16/h1-11H,(H,22,24). The van der Waals surface area contributed by atoms with Gasteiger partial charge in [0.05, 0.1) is 4.88 Å². The summed E-state index contributed by atoms with van der Waals surface area (Å²) in [5.74, 6) is -0.532. The lowest BCUT2D eigenvalue weighted by Crippen LogP contribution is -2.09. The minimum atomic E-state index is -0.416. The van der Waals surface area contributed by atoms with E-state index in [2.05, 4.69) is 5.32 Å². The molecule has 6 heteroatoms. The van der Waals surface area contributed by atoms with Gasteiger partial charge in [0.1, 0.15) is 11.4 Å². The maximum Gasteiger partial charge on any atom is 0.336 e. The van der Waals surface area contributed by atoms with Gasteiger partial charge in [0.2, 0.25) is 0 Å². The Balaban J connectivity index is 1.56. The van der Waals surface area contributed by atoms with Gasteiger partial charge in [-0.2, -0.15) is 0 Å². The number of hydrogen-bond acceptors (Lipinski definition) is 4. The van der Waals surface area contributed by atoms with Crippen LogP contribution in [0.5, 0.6) is 0 Å². The van der Waals surface area contributed by atoms with Crippen LogP contribution >= 0.6 is 11.3 Å². The van der Waals surface area contributed by atoms with Crippen molar-refractivity contribution >= 4 is 33.9 Å². The predicted octanol–water partition coefficient (Wildman–Crippen LogP) is 4.91. The molecule has 2 aromatic heterocycles. The minimum Gasteiger partial charge on any atom is -0.423 e. The van der Waals surface area contributed by atoms with Gasteiger partial charge in [-0.1, -0.05) is 12.1 Å². The first kappa shape index (κ1) is 16.2. The number of amides is 1. The second-order valence-electron chi connectivity index (χ2n) is 5.63. The molecule has 128 valence electrons. The highest BCUT2D eigenvalue weighted by molar-refractivity contribution is 7.17. The molecule has 4 nitrogen and oxygen atoms in total. The van der Waals surface area contributed by atoms with Gasteiger partial charge in [0.15, 0.2) is 0 Å². The molecular formula is C20H12FNO3S. The van der Waals surface area contributed by atoms with Crippen LogP contribution in [0.1, 0.15) is 9.67 Å². The fourth-order valence-corrected chi connectivity index (χ4v) is 3.48. The zero-order chi connectivity index (χ0) is 18.1. The van der Waals surface area contributed by atoms with Crippen molar-refractivity contribution < 1.29 is 13.6 Å². The molecule has 0 atom stereocenters. The first-order chi connectivity index (χ1) is 12.6. The summed E-state index contributed by atoms with van der Waals surface area (Å²) < 4.78 is 18.1. The van der Waals surface area contributed by atoms with Crippen LogP contribution in [0.15, 0.2) is 75.9 Å². The van der Waals surface area contributed by atoms with Crippen molar-refractivity contribution in [2.45, 2.75) is 0 Å². The third-order valence-corrected chi connectivity index (χ3v) is 4.97. The molecule has 0 aliphatic heterocycles. The van der Waals surface area contributed by atoms with E-state index in [9.17, 15) is 14.0 Å². The minimum absolute atomic E-state index is 0.236. The van der Waals surface area contributed by atoms with Crippen LogP contribution in [0.4, 0.5) is 10.1 Å². The van der Waals surface area contributed by atoms with Gasteiger partial charge in [0.25, 0.3) is 5.91 Å². The van der Waals surface area contributed by atoms with Gasteiger partial charge in [-0.3, -0.25) is 4.79 Å². The van der Waals surface area contributed by atoms with Crippen molar-refractivity contribution in [2.75, 3.05) is 5.32 Å². The number of thiophene rings is 1. The third kappa shape index (κ3) is 3.27. The summed E-state index contributed by atoms with van der Waals surface area (Å²) in [6.07, 6.45) is 0. The number of nitrogens with one attached hydrogen (secondary N) is 1. The van der Waals surface area contributed by atoms with Crippen LogP contribution in [0, 0.1) is 5.82 Å². The lowest BCUT2D eigenvalue weighted by Gasteiger charge is -2.04. The van der Waals surface area contributed by atoms with Gasteiger partial charge in [0, 0.05) is 22.0 Å². The highest BCUT2D eigenvalue weighted by atomic mass is 32.1. The monoisotopic (exact) mass is 365 g/mol. The number of fused-ring (bicyclic) bond motifs is 1. The van der Waals surface area contributed by atoms with Crippen LogP contribution < -0.4 is 10.9 Å². The Bertz CT molecular complexity index is 1160. The molecule has 1 amide bonds. The molecule has 2 heterocycles. The summed E-state index contributed by atoms with van der Waals surface area (Å²) in [6.45, 7) is 0. The fraction of sp³-hybridized carbons (Fsp3) is 0. The Hall–Kier alpha value is -3.25. The van der Waals surface area contributed by atoms with Gasteiger partial charge >= 0.3 is 5.63 Å². The van der Waals surface area contributed by atoms with Crippen LogP contribution in [0.3, 0.4) is 0 Å². The highest BCUT2D eigenvalue weighted by Gasteiger charge is 2.11. The van der Waals surface area contributed by atoms with Crippen LogP contribution in [-0.4, -0.2) is 5.91 Å². The number of carbonyl (C=O) groups is 1. The molecule has 1 N–H and O–H groups in total. The van der Waals surface area contributed by atoms with E-state index < -0.39 is 5.63 Å². The van der Waals surface area contributed by atoms with E-state index in [-0.39, 0.29) is 11.7 Å². The number of halogens is 1. The average molecular weight is 365 g/mol. The van der Waals surface area contributed by atoms with Gasteiger partial charge in [-0.25, -0.2) is 9.18 Å². The Labute approximate surface area is 151 Å². The van der Waals surface area contributed by atoms with Crippen LogP contribution in [0.2, 0.25) is 0 Å². The normalized spacial score (nSPS) is 10.8. The molecule has 0 spiro atoms. The van der Waals surface area contributed by atoms with E-state index in [1.54, 1.807) is 42.5 Å². The largest absolute Gasteiger partial charge is 0.423 e. The topological polar surface area (TPSA) is 59.3 Å². The second-order valence-corrected chi connectivity index (χ2v) is 6.72. The van der Waals surface area contributed by atoms with E-state index >= 15 is 0 Å². The molecular weight excluding hydrogens is 353 g/mol. The molecule has 0 aliphatic carbocycles. The fourth-order valence-electron chi connectivity index (χ4n) is 2.57. The summed E-state index contributed by atoms with van der Waals surface area (Å²) in [4.78, 5) is 25.1. The Kier molecular flexibility index (Phi) is 4.10. The lowest BCUT2D eigenvalue weighted by atomic mass is 10.2. The van der Waals surface area contributed by atoms with Crippen molar-refractivity contribution in [2.24, 2.45) is 0 Å². The molecule has 0 bridgehead atoms. The Morgan fingerprint density at radius 2 is 1.77 bits per heavy atom. The van der Waals surface area contributed by atoms with E-state index in [1.165, 1.54) is 29.5 Å². The summed E-state index contributed by atoms with van der Waals surface area (Å²) in [7, 11) is 0. The maximum atomic E-state index is 13.0. The summed E-state index contributed by atoms with van der Waals surface area (Å²) in [5, 5.41) is 3.55.